The fraction of sp³-hybridized carbons (Fsp3) is 0.545. The van der Waals surface area contributed by atoms with Crippen molar-refractivity contribution in [3.63, 3.8) is 0 Å². The lowest BCUT2D eigenvalue weighted by atomic mass is 10.2. The molecule has 0 fully saturated rings. The molecule has 0 radical (unpaired) electrons. The molecule has 4 heteroatoms. The third kappa shape index (κ3) is 4.06. The fourth-order valence-electron chi connectivity index (χ4n) is 1.18. The SMILES string of the molecule is COCCCOc1cc(C)ncc1CCl. The number of ether oxygens (including phenoxy) is 2. The summed E-state index contributed by atoms with van der Waals surface area (Å²) >= 11 is 5.78. The van der Waals surface area contributed by atoms with Crippen LogP contribution >= 0.6 is 11.6 Å². The highest BCUT2D eigenvalue weighted by molar-refractivity contribution is 6.17. The van der Waals surface area contributed by atoms with E-state index in [0.29, 0.717) is 19.1 Å². The van der Waals surface area contributed by atoms with Crippen molar-refractivity contribution in [3.05, 3.63) is 23.5 Å². The van der Waals surface area contributed by atoms with Crippen LogP contribution in [0, 0.1) is 6.92 Å². The van der Waals surface area contributed by atoms with Gasteiger partial charge < -0.3 is 9.47 Å². The van der Waals surface area contributed by atoms with Crippen molar-refractivity contribution >= 4 is 11.6 Å². The predicted octanol–water partition coefficient (Wildman–Crippen LogP) is 2.54. The van der Waals surface area contributed by atoms with Gasteiger partial charge in [-0.3, -0.25) is 4.98 Å². The largest absolute Gasteiger partial charge is 0.493 e. The molecule has 0 aliphatic heterocycles. The maximum absolute atomic E-state index is 5.78. The number of halogens is 1. The lowest BCUT2D eigenvalue weighted by molar-refractivity contribution is 0.172. The Labute approximate surface area is 95.4 Å². The zero-order valence-corrected chi connectivity index (χ0v) is 9.88. The first-order valence-corrected chi connectivity index (χ1v) is 5.44. The third-order valence-electron chi connectivity index (χ3n) is 1.97. The van der Waals surface area contributed by atoms with E-state index in [4.69, 9.17) is 21.1 Å². The topological polar surface area (TPSA) is 31.4 Å². The molecule has 0 aromatic carbocycles. The molecule has 1 aromatic heterocycles. The molecule has 0 N–H and O–H groups in total. The van der Waals surface area contributed by atoms with Gasteiger partial charge >= 0.3 is 0 Å². The molecule has 1 aromatic rings. The highest BCUT2D eigenvalue weighted by Gasteiger charge is 2.03. The zero-order valence-electron chi connectivity index (χ0n) is 9.12. The van der Waals surface area contributed by atoms with Gasteiger partial charge in [0, 0.05) is 43.7 Å². The number of hydrogen-bond acceptors (Lipinski definition) is 3. The van der Waals surface area contributed by atoms with Gasteiger partial charge in [-0.05, 0) is 6.92 Å². The van der Waals surface area contributed by atoms with Crippen LogP contribution in [0.1, 0.15) is 17.7 Å². The monoisotopic (exact) mass is 229 g/mol. The van der Waals surface area contributed by atoms with Crippen LogP contribution in [0.5, 0.6) is 5.75 Å². The van der Waals surface area contributed by atoms with Crippen LogP contribution in [-0.4, -0.2) is 25.3 Å². The normalized spacial score (nSPS) is 10.3. The molecule has 1 rings (SSSR count). The van der Waals surface area contributed by atoms with Gasteiger partial charge in [-0.1, -0.05) is 0 Å². The van der Waals surface area contributed by atoms with Crippen molar-refractivity contribution in [1.29, 1.82) is 0 Å². The van der Waals surface area contributed by atoms with E-state index in [2.05, 4.69) is 4.98 Å². The molecule has 0 atom stereocenters. The molecular weight excluding hydrogens is 214 g/mol. The second kappa shape index (κ2) is 6.64. The predicted molar refractivity (Wildman–Crippen MR) is 60.5 cm³/mol. The first kappa shape index (κ1) is 12.3. The minimum atomic E-state index is 0.424. The van der Waals surface area contributed by atoms with Crippen LogP contribution in [0.25, 0.3) is 0 Å². The van der Waals surface area contributed by atoms with E-state index in [9.17, 15) is 0 Å². The van der Waals surface area contributed by atoms with E-state index in [1.165, 1.54) is 0 Å². The summed E-state index contributed by atoms with van der Waals surface area (Å²) < 4.78 is 10.5. The molecule has 0 aliphatic rings. The van der Waals surface area contributed by atoms with E-state index < -0.39 is 0 Å². The fourth-order valence-corrected chi connectivity index (χ4v) is 1.38. The van der Waals surface area contributed by atoms with Crippen molar-refractivity contribution in [2.75, 3.05) is 20.3 Å². The second-order valence-corrected chi connectivity index (χ2v) is 3.53. The van der Waals surface area contributed by atoms with Crippen LogP contribution in [0.3, 0.4) is 0 Å². The summed E-state index contributed by atoms with van der Waals surface area (Å²) in [5.74, 6) is 1.25. The van der Waals surface area contributed by atoms with Gasteiger partial charge in [-0.25, -0.2) is 0 Å². The van der Waals surface area contributed by atoms with Gasteiger partial charge in [-0.2, -0.15) is 0 Å². The molecule has 3 nitrogen and oxygen atoms in total. The number of nitrogens with zero attached hydrogens (tertiary/aromatic N) is 1. The standard InChI is InChI=1S/C11H16ClNO2/c1-9-6-11(10(7-12)8-13-9)15-5-3-4-14-2/h6,8H,3-5,7H2,1-2H3. The Morgan fingerprint density at radius 2 is 2.20 bits per heavy atom. The maximum atomic E-state index is 5.78. The smallest absolute Gasteiger partial charge is 0.127 e. The Morgan fingerprint density at radius 3 is 2.87 bits per heavy atom. The van der Waals surface area contributed by atoms with Crippen molar-refractivity contribution in [2.24, 2.45) is 0 Å². The zero-order chi connectivity index (χ0) is 11.1. The first-order chi connectivity index (χ1) is 7.27. The second-order valence-electron chi connectivity index (χ2n) is 3.26. The molecule has 0 saturated heterocycles. The number of aromatic nitrogens is 1. The van der Waals surface area contributed by atoms with E-state index in [-0.39, 0.29) is 0 Å². The molecule has 0 unspecified atom stereocenters. The third-order valence-corrected chi connectivity index (χ3v) is 2.26. The minimum absolute atomic E-state index is 0.424. The summed E-state index contributed by atoms with van der Waals surface area (Å²) in [4.78, 5) is 4.17. The number of aryl methyl sites for hydroxylation is 1. The van der Waals surface area contributed by atoms with E-state index in [0.717, 1.165) is 23.4 Å². The summed E-state index contributed by atoms with van der Waals surface area (Å²) in [7, 11) is 1.68. The van der Waals surface area contributed by atoms with E-state index >= 15 is 0 Å². The molecule has 0 aliphatic carbocycles. The summed E-state index contributed by atoms with van der Waals surface area (Å²) in [5, 5.41) is 0. The molecule has 1 heterocycles. The van der Waals surface area contributed by atoms with Crippen LogP contribution in [0.4, 0.5) is 0 Å². The summed E-state index contributed by atoms with van der Waals surface area (Å²) in [6.07, 6.45) is 2.63. The first-order valence-electron chi connectivity index (χ1n) is 4.91. The van der Waals surface area contributed by atoms with Crippen LogP contribution < -0.4 is 4.74 Å². The van der Waals surface area contributed by atoms with Crippen LogP contribution in [0.2, 0.25) is 0 Å². The van der Waals surface area contributed by atoms with E-state index in [1.54, 1.807) is 13.3 Å². The Kier molecular flexibility index (Phi) is 5.43. The van der Waals surface area contributed by atoms with Gasteiger partial charge in [0.25, 0.3) is 0 Å². The summed E-state index contributed by atoms with van der Waals surface area (Å²) in [6, 6.07) is 1.91. The molecule has 84 valence electrons. The quantitative estimate of drug-likeness (QED) is 0.555. The minimum Gasteiger partial charge on any atom is -0.493 e. The van der Waals surface area contributed by atoms with Gasteiger partial charge in [0.1, 0.15) is 5.75 Å². The average Bonchev–Trinajstić information content (AvgIpc) is 2.25. The number of alkyl halides is 1. The van der Waals surface area contributed by atoms with Crippen LogP contribution in [0.15, 0.2) is 12.3 Å². The maximum Gasteiger partial charge on any atom is 0.127 e. The Hall–Kier alpha value is -0.800. The van der Waals surface area contributed by atoms with Gasteiger partial charge in [-0.15, -0.1) is 11.6 Å². The number of methoxy groups -OCH3 is 1. The number of hydrogen-bond donors (Lipinski definition) is 0. The molecule has 0 saturated carbocycles. The summed E-state index contributed by atoms with van der Waals surface area (Å²) in [5.41, 5.74) is 1.87. The van der Waals surface area contributed by atoms with Gasteiger partial charge in [0.05, 0.1) is 12.5 Å². The Balaban J connectivity index is 2.54. The Morgan fingerprint density at radius 1 is 1.40 bits per heavy atom. The molecule has 15 heavy (non-hydrogen) atoms. The van der Waals surface area contributed by atoms with Crippen molar-refractivity contribution < 1.29 is 9.47 Å². The number of rotatable bonds is 6. The molecule has 0 amide bonds. The average molecular weight is 230 g/mol. The van der Waals surface area contributed by atoms with Crippen molar-refractivity contribution in [2.45, 2.75) is 19.2 Å². The van der Waals surface area contributed by atoms with Gasteiger partial charge in [0.15, 0.2) is 0 Å². The molecular formula is C11H16ClNO2. The van der Waals surface area contributed by atoms with E-state index in [1.807, 2.05) is 13.0 Å². The van der Waals surface area contributed by atoms with Crippen molar-refractivity contribution in [1.82, 2.24) is 4.98 Å². The molecule has 0 spiro atoms. The lowest BCUT2D eigenvalue weighted by Crippen LogP contribution is -2.03. The van der Waals surface area contributed by atoms with Gasteiger partial charge in [0.2, 0.25) is 0 Å². The highest BCUT2D eigenvalue weighted by atomic mass is 35.5. The van der Waals surface area contributed by atoms with Crippen LogP contribution in [-0.2, 0) is 10.6 Å². The van der Waals surface area contributed by atoms with Crippen molar-refractivity contribution in [3.8, 4) is 5.75 Å². The number of pyridine rings is 1. The lowest BCUT2D eigenvalue weighted by Gasteiger charge is -2.09. The summed E-state index contributed by atoms with van der Waals surface area (Å²) in [6.45, 7) is 3.28. The highest BCUT2D eigenvalue weighted by Crippen LogP contribution is 2.20. The Bertz CT molecular complexity index is 305. The molecule has 0 bridgehead atoms.